The van der Waals surface area contributed by atoms with Gasteiger partial charge in [-0.3, -0.25) is 0 Å². The van der Waals surface area contributed by atoms with Crippen LogP contribution in [0.1, 0.15) is 25.8 Å². The molecule has 5 heteroatoms. The highest BCUT2D eigenvalue weighted by molar-refractivity contribution is 6.35. The Morgan fingerprint density at radius 1 is 1.32 bits per heavy atom. The monoisotopic (exact) mass is 305 g/mol. The second kappa shape index (κ2) is 7.34. The summed E-state index contributed by atoms with van der Waals surface area (Å²) in [5.74, 6) is 0.0910. The molecule has 0 radical (unpaired) electrons. The Morgan fingerprint density at radius 3 is 2.63 bits per heavy atom. The number of benzene rings is 1. The minimum atomic E-state index is 0.0910. The molecule has 0 aliphatic heterocycles. The van der Waals surface area contributed by atoms with Gasteiger partial charge in [-0.1, -0.05) is 37.0 Å². The van der Waals surface area contributed by atoms with E-state index in [0.717, 1.165) is 19.6 Å². The summed E-state index contributed by atoms with van der Waals surface area (Å²) < 4.78 is 5.09. The smallest absolute Gasteiger partial charge is 0.138 e. The molecule has 0 amide bonds. The predicted octanol–water partition coefficient (Wildman–Crippen LogP) is 3.85. The van der Waals surface area contributed by atoms with Crippen LogP contribution in [0, 0.1) is 5.41 Å². The summed E-state index contributed by atoms with van der Waals surface area (Å²) in [7, 11) is 1.70. The number of ether oxygens (including phenoxy) is 1. The highest BCUT2D eigenvalue weighted by Crippen LogP contribution is 2.31. The van der Waals surface area contributed by atoms with E-state index >= 15 is 0 Å². The molecule has 108 valence electrons. The van der Waals surface area contributed by atoms with Crippen LogP contribution in [0.25, 0.3) is 0 Å². The lowest BCUT2D eigenvalue weighted by Crippen LogP contribution is -2.30. The Kier molecular flexibility index (Phi) is 6.40. The van der Waals surface area contributed by atoms with Gasteiger partial charge in [0.15, 0.2) is 0 Å². The van der Waals surface area contributed by atoms with E-state index < -0.39 is 0 Å². The van der Waals surface area contributed by atoms with Crippen molar-refractivity contribution in [1.29, 1.82) is 0 Å². The van der Waals surface area contributed by atoms with Crippen LogP contribution in [-0.4, -0.2) is 25.4 Å². The molecule has 19 heavy (non-hydrogen) atoms. The van der Waals surface area contributed by atoms with Crippen molar-refractivity contribution in [3.8, 4) is 5.75 Å². The van der Waals surface area contributed by atoms with Gasteiger partial charge >= 0.3 is 0 Å². The van der Waals surface area contributed by atoms with Crippen LogP contribution in [-0.2, 0) is 11.3 Å². The van der Waals surface area contributed by atoms with Gasteiger partial charge in [0.05, 0.1) is 5.02 Å². The van der Waals surface area contributed by atoms with Crippen molar-refractivity contribution >= 4 is 23.2 Å². The molecule has 0 atom stereocenters. The zero-order valence-corrected chi connectivity index (χ0v) is 13.1. The Hall–Kier alpha value is -0.480. The van der Waals surface area contributed by atoms with E-state index in [1.54, 1.807) is 13.2 Å². The van der Waals surface area contributed by atoms with Crippen molar-refractivity contribution in [2.24, 2.45) is 5.41 Å². The maximum atomic E-state index is 9.84. The number of hydrogen-bond donors (Lipinski definition) is 2. The van der Waals surface area contributed by atoms with Gasteiger partial charge in [0.1, 0.15) is 5.75 Å². The van der Waals surface area contributed by atoms with E-state index in [0.29, 0.717) is 17.1 Å². The lowest BCUT2D eigenvalue weighted by Gasteiger charge is -2.24. The van der Waals surface area contributed by atoms with E-state index in [9.17, 15) is 5.11 Å². The topological polar surface area (TPSA) is 41.5 Å². The molecule has 0 aromatic heterocycles. The highest BCUT2D eigenvalue weighted by atomic mass is 35.5. The second-order valence-electron chi connectivity index (χ2n) is 5.41. The molecule has 0 saturated carbocycles. The third-order valence-electron chi connectivity index (χ3n) is 3.01. The van der Waals surface area contributed by atoms with Gasteiger partial charge in [0.2, 0.25) is 0 Å². The van der Waals surface area contributed by atoms with Crippen LogP contribution in [0.5, 0.6) is 5.75 Å². The molecule has 0 aliphatic rings. The predicted molar refractivity (Wildman–Crippen MR) is 80.1 cm³/mol. The van der Waals surface area contributed by atoms with Gasteiger partial charge in [-0.15, -0.1) is 0 Å². The van der Waals surface area contributed by atoms with E-state index in [4.69, 9.17) is 27.9 Å². The molecule has 0 fully saturated rings. The van der Waals surface area contributed by atoms with Crippen LogP contribution in [0.3, 0.4) is 0 Å². The average Bonchev–Trinajstić information content (AvgIpc) is 2.32. The first kappa shape index (κ1) is 16.6. The maximum absolute atomic E-state index is 9.84. The molecule has 1 aromatic rings. The number of phenols is 1. The summed E-state index contributed by atoms with van der Waals surface area (Å²) in [5, 5.41) is 14.0. The number of phenolic OH excluding ortho intramolecular Hbond substituents is 1. The third kappa shape index (κ3) is 5.57. The fourth-order valence-electron chi connectivity index (χ4n) is 1.76. The number of rotatable bonds is 7. The van der Waals surface area contributed by atoms with E-state index in [1.165, 1.54) is 6.07 Å². The minimum absolute atomic E-state index is 0.0910. The van der Waals surface area contributed by atoms with Crippen molar-refractivity contribution in [2.45, 2.75) is 26.8 Å². The summed E-state index contributed by atoms with van der Waals surface area (Å²) in [4.78, 5) is 0. The van der Waals surface area contributed by atoms with Crippen LogP contribution in [0.15, 0.2) is 12.1 Å². The molecule has 3 nitrogen and oxygen atoms in total. The molecular formula is C14H21Cl2NO2. The average molecular weight is 306 g/mol. The molecule has 1 aromatic carbocycles. The second-order valence-corrected chi connectivity index (χ2v) is 6.25. The number of nitrogens with one attached hydrogen (secondary N) is 1. The zero-order chi connectivity index (χ0) is 14.5. The van der Waals surface area contributed by atoms with Gasteiger partial charge < -0.3 is 15.2 Å². The first-order chi connectivity index (χ1) is 8.85. The fraction of sp³-hybridized carbons (Fsp3) is 0.571. The molecule has 2 N–H and O–H groups in total. The zero-order valence-electron chi connectivity index (χ0n) is 11.6. The summed E-state index contributed by atoms with van der Waals surface area (Å²) in [6.07, 6.45) is 0.971. The van der Waals surface area contributed by atoms with Crippen LogP contribution < -0.4 is 5.32 Å². The Labute approximate surface area is 124 Å². The van der Waals surface area contributed by atoms with E-state index in [1.807, 2.05) is 0 Å². The van der Waals surface area contributed by atoms with Crippen LogP contribution in [0.2, 0.25) is 10.0 Å². The number of hydrogen-bond acceptors (Lipinski definition) is 3. The largest absolute Gasteiger partial charge is 0.506 e. The molecule has 0 saturated heterocycles. The number of halogens is 2. The van der Waals surface area contributed by atoms with E-state index in [2.05, 4.69) is 19.2 Å². The summed E-state index contributed by atoms with van der Waals surface area (Å²) in [6, 6.07) is 3.25. The van der Waals surface area contributed by atoms with Crippen molar-refractivity contribution in [1.82, 2.24) is 5.32 Å². The molecule has 0 bridgehead atoms. The normalized spacial score (nSPS) is 11.8. The number of aromatic hydroxyl groups is 1. The van der Waals surface area contributed by atoms with Gasteiger partial charge in [-0.25, -0.2) is 0 Å². The summed E-state index contributed by atoms with van der Waals surface area (Å²) >= 11 is 11.8. The Morgan fingerprint density at radius 2 is 2.00 bits per heavy atom. The quantitative estimate of drug-likeness (QED) is 0.804. The number of methoxy groups -OCH3 is 1. The molecule has 0 heterocycles. The summed E-state index contributed by atoms with van der Waals surface area (Å²) in [6.45, 7) is 6.43. The lowest BCUT2D eigenvalue weighted by molar-refractivity contribution is 0.150. The first-order valence-corrected chi connectivity index (χ1v) is 6.98. The van der Waals surface area contributed by atoms with Gasteiger partial charge in [-0.2, -0.15) is 0 Å². The molecule has 0 spiro atoms. The van der Waals surface area contributed by atoms with Crippen molar-refractivity contribution < 1.29 is 9.84 Å². The lowest BCUT2D eigenvalue weighted by atomic mass is 9.89. The Bertz CT molecular complexity index is 422. The van der Waals surface area contributed by atoms with Crippen molar-refractivity contribution in [2.75, 3.05) is 20.3 Å². The molecule has 1 rings (SSSR count). The van der Waals surface area contributed by atoms with Gasteiger partial charge in [-0.05, 0) is 24.0 Å². The van der Waals surface area contributed by atoms with Crippen molar-refractivity contribution in [3.05, 3.63) is 27.7 Å². The van der Waals surface area contributed by atoms with Gasteiger partial charge in [0.25, 0.3) is 0 Å². The maximum Gasteiger partial charge on any atom is 0.138 e. The standard InChI is InChI=1S/C14H21Cl2NO2/c1-14(2,4-5-19-3)9-17-8-10-6-11(15)7-12(16)13(10)18/h6-7,17-18H,4-5,8-9H2,1-3H3. The van der Waals surface area contributed by atoms with Crippen LogP contribution in [0.4, 0.5) is 0 Å². The minimum Gasteiger partial charge on any atom is -0.506 e. The van der Waals surface area contributed by atoms with Gasteiger partial charge in [0, 0.05) is 37.4 Å². The molecule has 0 unspecified atom stereocenters. The fourth-order valence-corrected chi connectivity index (χ4v) is 2.29. The Balaban J connectivity index is 2.54. The summed E-state index contributed by atoms with van der Waals surface area (Å²) in [5.41, 5.74) is 0.841. The molecular weight excluding hydrogens is 285 g/mol. The van der Waals surface area contributed by atoms with E-state index in [-0.39, 0.29) is 16.2 Å². The highest BCUT2D eigenvalue weighted by Gasteiger charge is 2.17. The first-order valence-electron chi connectivity index (χ1n) is 6.22. The van der Waals surface area contributed by atoms with Crippen molar-refractivity contribution in [3.63, 3.8) is 0 Å². The third-order valence-corrected chi connectivity index (χ3v) is 3.52. The molecule has 0 aliphatic carbocycles. The SMILES string of the molecule is COCCC(C)(C)CNCc1cc(Cl)cc(Cl)c1O. The van der Waals surface area contributed by atoms with Crippen LogP contribution >= 0.6 is 23.2 Å².